The van der Waals surface area contributed by atoms with Crippen molar-refractivity contribution in [2.75, 3.05) is 6.61 Å². The van der Waals surface area contributed by atoms with Crippen molar-refractivity contribution in [1.29, 1.82) is 5.26 Å². The van der Waals surface area contributed by atoms with Crippen LogP contribution in [0.5, 0.6) is 0 Å². The molecule has 0 spiro atoms. The largest absolute Gasteiger partial charge is 0.464 e. The molecule has 3 aromatic rings. The van der Waals surface area contributed by atoms with Crippen LogP contribution >= 0.6 is 15.9 Å². The van der Waals surface area contributed by atoms with Crippen molar-refractivity contribution in [3.05, 3.63) is 76.5 Å². The van der Waals surface area contributed by atoms with Gasteiger partial charge in [0.15, 0.2) is 11.7 Å². The van der Waals surface area contributed by atoms with E-state index in [9.17, 15) is 14.4 Å². The molecule has 0 saturated heterocycles. The number of benzene rings is 2. The second-order valence-electron chi connectivity index (χ2n) is 6.44. The maximum absolute atomic E-state index is 13.0. The highest BCUT2D eigenvalue weighted by Crippen LogP contribution is 2.28. The smallest absolute Gasteiger partial charge is 0.306 e. The van der Waals surface area contributed by atoms with E-state index in [0.717, 1.165) is 15.6 Å². The number of halogens is 2. The maximum atomic E-state index is 13.0. The van der Waals surface area contributed by atoms with Gasteiger partial charge in [-0.1, -0.05) is 46.3 Å². The summed E-state index contributed by atoms with van der Waals surface area (Å²) in [5.41, 5.74) is 1.69. The Bertz CT molecular complexity index is 1010. The van der Waals surface area contributed by atoms with Crippen LogP contribution in [-0.4, -0.2) is 17.6 Å². The predicted molar refractivity (Wildman–Crippen MR) is 108 cm³/mol. The van der Waals surface area contributed by atoms with E-state index in [0.29, 0.717) is 24.5 Å². The highest BCUT2D eigenvalue weighted by atomic mass is 79.9. The molecule has 1 atom stereocenters. The summed E-state index contributed by atoms with van der Waals surface area (Å²) in [6.45, 7) is -0.0134. The summed E-state index contributed by atoms with van der Waals surface area (Å²) in [5, 5.41) is 9.25. The SMILES string of the molecule is N#C[C@@H](COC(=O)CCc1ncc(-c2ccccc2Br)o1)Cc1ccc(F)cc1. The van der Waals surface area contributed by atoms with E-state index in [1.807, 2.05) is 24.3 Å². The lowest BCUT2D eigenvalue weighted by molar-refractivity contribution is -0.144. The van der Waals surface area contributed by atoms with Gasteiger partial charge >= 0.3 is 5.97 Å². The molecule has 0 aliphatic carbocycles. The zero-order valence-corrected chi connectivity index (χ0v) is 17.1. The molecule has 7 heteroatoms. The van der Waals surface area contributed by atoms with Gasteiger partial charge in [0, 0.05) is 16.5 Å². The Kier molecular flexibility index (Phi) is 7.14. The lowest BCUT2D eigenvalue weighted by atomic mass is 10.0. The summed E-state index contributed by atoms with van der Waals surface area (Å²) in [7, 11) is 0. The first-order valence-corrected chi connectivity index (χ1v) is 9.83. The fourth-order valence-corrected chi connectivity index (χ4v) is 3.21. The topological polar surface area (TPSA) is 76.1 Å². The second-order valence-corrected chi connectivity index (χ2v) is 7.29. The molecule has 148 valence electrons. The van der Waals surface area contributed by atoms with Crippen LogP contribution in [0.1, 0.15) is 17.9 Å². The summed E-state index contributed by atoms with van der Waals surface area (Å²) in [6.07, 6.45) is 2.41. The Balaban J connectivity index is 1.47. The lowest BCUT2D eigenvalue weighted by Gasteiger charge is -2.10. The monoisotopic (exact) mass is 456 g/mol. The third-order valence-corrected chi connectivity index (χ3v) is 4.95. The highest BCUT2D eigenvalue weighted by molar-refractivity contribution is 9.10. The summed E-state index contributed by atoms with van der Waals surface area (Å²) >= 11 is 3.47. The average molecular weight is 457 g/mol. The molecule has 0 fully saturated rings. The predicted octanol–water partition coefficient (Wildman–Crippen LogP) is 5.10. The third-order valence-electron chi connectivity index (χ3n) is 4.26. The van der Waals surface area contributed by atoms with Gasteiger partial charge in [0.1, 0.15) is 12.4 Å². The molecule has 0 unspecified atom stereocenters. The zero-order valence-electron chi connectivity index (χ0n) is 15.5. The van der Waals surface area contributed by atoms with E-state index in [-0.39, 0.29) is 18.8 Å². The van der Waals surface area contributed by atoms with Crippen molar-refractivity contribution >= 4 is 21.9 Å². The molecule has 0 bridgehead atoms. The lowest BCUT2D eigenvalue weighted by Crippen LogP contribution is -2.15. The first-order chi connectivity index (χ1) is 14.0. The number of nitrogens with zero attached hydrogens (tertiary/aromatic N) is 2. The zero-order chi connectivity index (χ0) is 20.6. The van der Waals surface area contributed by atoms with Crippen molar-refractivity contribution in [3.63, 3.8) is 0 Å². The standard InChI is InChI=1S/C22H18BrFN2O3/c23-19-4-2-1-3-18(19)20-13-26-21(29-20)9-10-22(27)28-14-16(12-25)11-15-5-7-17(24)8-6-15/h1-8,13,16H,9-11,14H2/t16-/m0/s1. The van der Waals surface area contributed by atoms with Gasteiger partial charge in [0.05, 0.1) is 24.6 Å². The number of carbonyl (C=O) groups excluding carboxylic acids is 1. The van der Waals surface area contributed by atoms with E-state index < -0.39 is 11.9 Å². The normalized spacial score (nSPS) is 11.6. The number of hydrogen-bond acceptors (Lipinski definition) is 5. The van der Waals surface area contributed by atoms with Crippen LogP contribution in [0.15, 0.2) is 63.6 Å². The molecule has 2 aromatic carbocycles. The minimum atomic E-state index is -0.492. The molecule has 0 amide bonds. The van der Waals surface area contributed by atoms with Crippen LogP contribution in [0.25, 0.3) is 11.3 Å². The molecule has 0 radical (unpaired) electrons. The molecule has 1 aromatic heterocycles. The number of rotatable bonds is 8. The highest BCUT2D eigenvalue weighted by Gasteiger charge is 2.14. The van der Waals surface area contributed by atoms with Crippen LogP contribution in [0.4, 0.5) is 4.39 Å². The summed E-state index contributed by atoms with van der Waals surface area (Å²) < 4.78 is 24.8. The van der Waals surface area contributed by atoms with Gasteiger partial charge in [-0.2, -0.15) is 5.26 Å². The van der Waals surface area contributed by atoms with E-state index >= 15 is 0 Å². The van der Waals surface area contributed by atoms with Gasteiger partial charge in [-0.05, 0) is 30.2 Å². The Labute approximate surface area is 176 Å². The first-order valence-electron chi connectivity index (χ1n) is 9.04. The molecule has 5 nitrogen and oxygen atoms in total. The molecular weight excluding hydrogens is 439 g/mol. The molecule has 0 aliphatic heterocycles. The molecule has 3 rings (SSSR count). The van der Waals surface area contributed by atoms with E-state index in [1.165, 1.54) is 12.1 Å². The van der Waals surface area contributed by atoms with Gasteiger partial charge in [0.25, 0.3) is 0 Å². The average Bonchev–Trinajstić information content (AvgIpc) is 3.20. The fourth-order valence-electron chi connectivity index (χ4n) is 2.73. The summed E-state index contributed by atoms with van der Waals surface area (Å²) in [6, 6.07) is 15.7. The van der Waals surface area contributed by atoms with Crippen molar-refractivity contribution in [2.24, 2.45) is 5.92 Å². The summed E-state index contributed by atoms with van der Waals surface area (Å²) in [5.74, 6) is -0.193. The number of ether oxygens (including phenoxy) is 1. The Hall–Kier alpha value is -2.98. The number of carbonyl (C=O) groups is 1. The van der Waals surface area contributed by atoms with Crippen molar-refractivity contribution < 1.29 is 18.3 Å². The van der Waals surface area contributed by atoms with Crippen LogP contribution < -0.4 is 0 Å². The molecule has 0 N–H and O–H groups in total. The number of hydrogen-bond donors (Lipinski definition) is 0. The van der Waals surface area contributed by atoms with Crippen LogP contribution in [0.3, 0.4) is 0 Å². The van der Waals surface area contributed by atoms with Crippen molar-refractivity contribution in [2.45, 2.75) is 19.3 Å². The Morgan fingerprint density at radius 3 is 2.72 bits per heavy atom. The third kappa shape index (κ3) is 6.00. The van der Waals surface area contributed by atoms with Gasteiger partial charge < -0.3 is 9.15 Å². The Morgan fingerprint density at radius 1 is 1.24 bits per heavy atom. The second kappa shape index (κ2) is 9.99. The summed E-state index contributed by atoms with van der Waals surface area (Å²) in [4.78, 5) is 16.2. The van der Waals surface area contributed by atoms with Gasteiger partial charge in [-0.25, -0.2) is 9.37 Å². The minimum absolute atomic E-state index is 0.0134. The molecule has 1 heterocycles. The number of oxazole rings is 1. The Morgan fingerprint density at radius 2 is 2.00 bits per heavy atom. The molecule has 0 saturated carbocycles. The van der Waals surface area contributed by atoms with E-state index in [4.69, 9.17) is 9.15 Å². The van der Waals surface area contributed by atoms with Crippen molar-refractivity contribution in [1.82, 2.24) is 4.98 Å². The quantitative estimate of drug-likeness (QED) is 0.440. The number of aromatic nitrogens is 1. The minimum Gasteiger partial charge on any atom is -0.464 e. The van der Waals surface area contributed by atoms with E-state index in [1.54, 1.807) is 18.3 Å². The van der Waals surface area contributed by atoms with Crippen LogP contribution in [0.2, 0.25) is 0 Å². The van der Waals surface area contributed by atoms with Gasteiger partial charge in [-0.3, -0.25) is 4.79 Å². The molecular formula is C22H18BrFN2O3. The fraction of sp³-hybridized carbons (Fsp3) is 0.227. The number of esters is 1. The first kappa shape index (κ1) is 20.7. The van der Waals surface area contributed by atoms with Crippen molar-refractivity contribution in [3.8, 4) is 17.4 Å². The molecule has 0 aliphatic rings. The molecule has 29 heavy (non-hydrogen) atoms. The van der Waals surface area contributed by atoms with Gasteiger partial charge in [-0.15, -0.1) is 0 Å². The number of aryl methyl sites for hydroxylation is 1. The maximum Gasteiger partial charge on any atom is 0.306 e. The van der Waals surface area contributed by atoms with Crippen LogP contribution in [-0.2, 0) is 22.4 Å². The van der Waals surface area contributed by atoms with E-state index in [2.05, 4.69) is 27.0 Å². The van der Waals surface area contributed by atoms with Crippen LogP contribution in [0, 0.1) is 23.1 Å². The number of nitriles is 1. The van der Waals surface area contributed by atoms with Gasteiger partial charge in [0.2, 0.25) is 0 Å².